The minimum absolute atomic E-state index is 0.00205. The molecule has 0 unspecified atom stereocenters. The van der Waals surface area contributed by atoms with E-state index in [0.29, 0.717) is 51.4 Å². The van der Waals surface area contributed by atoms with Crippen molar-refractivity contribution in [3.8, 4) is 17.2 Å². The first kappa shape index (κ1) is 35.1. The first-order valence-electron chi connectivity index (χ1n) is 14.4. The van der Waals surface area contributed by atoms with Crippen LogP contribution >= 0.6 is 34.8 Å². The van der Waals surface area contributed by atoms with Crippen molar-refractivity contribution in [2.24, 2.45) is 5.10 Å². The van der Waals surface area contributed by atoms with Crippen molar-refractivity contribution < 1.29 is 33.5 Å². The molecule has 0 saturated carbocycles. The molecule has 1 aliphatic rings. The van der Waals surface area contributed by atoms with Crippen LogP contribution in [0.2, 0.25) is 0 Å². The van der Waals surface area contributed by atoms with Crippen molar-refractivity contribution in [3.05, 3.63) is 102 Å². The van der Waals surface area contributed by atoms with E-state index in [2.05, 4.69) is 43.8 Å². The molecule has 0 aliphatic carbocycles. The maximum Gasteiger partial charge on any atom is 0.338 e. The molecule has 0 saturated heterocycles. The zero-order chi connectivity index (χ0) is 33.9. The first-order valence-corrected chi connectivity index (χ1v) is 15.9. The van der Waals surface area contributed by atoms with Gasteiger partial charge in [0.25, 0.3) is 11.6 Å². The number of halogens is 1. The third kappa shape index (κ3) is 9.38. The van der Waals surface area contributed by atoms with Crippen LogP contribution in [-0.2, 0) is 20.9 Å². The van der Waals surface area contributed by atoms with Gasteiger partial charge in [0.15, 0.2) is 23.2 Å². The zero-order valence-corrected chi connectivity index (χ0v) is 28.7. The van der Waals surface area contributed by atoms with Crippen LogP contribution < -0.4 is 30.3 Å². The molecule has 3 aromatic rings. The van der Waals surface area contributed by atoms with Gasteiger partial charge in [-0.05, 0) is 97.0 Å². The minimum Gasteiger partial charge on any atom is -0.490 e. The second kappa shape index (κ2) is 16.7. The predicted molar refractivity (Wildman–Crippen MR) is 186 cm³/mol. The molecule has 246 valence electrons. The topological polar surface area (TPSA) is 163 Å². The average Bonchev–Trinajstić information content (AvgIpc) is 3.03. The molecule has 0 spiro atoms. The number of rotatable bonds is 14. The van der Waals surface area contributed by atoms with Gasteiger partial charge in [0.05, 0.1) is 39.5 Å². The second-order valence-electron chi connectivity index (χ2n) is 9.89. The van der Waals surface area contributed by atoms with E-state index in [0.717, 1.165) is 9.13 Å². The number of hydrogen-bond donors (Lipinski definition) is 3. The molecule has 1 aliphatic heterocycles. The van der Waals surface area contributed by atoms with Gasteiger partial charge in [-0.3, -0.25) is 14.9 Å². The SMILES string of the molecule is CCOC(=O)C1=C(C)NC(=S)N[C@H]1c1ccccc1OCC(=O)NN=Cc1cc(I)c(OCc2ccc([N+](=O)[O-])cc2)c(OCC)c1. The molecular weight excluding hydrogens is 741 g/mol. The van der Waals surface area contributed by atoms with E-state index in [1.54, 1.807) is 56.3 Å². The third-order valence-electron chi connectivity index (χ3n) is 6.62. The standard InChI is InChI=1S/C32H32IN5O8S/c1-4-43-26-15-21(14-24(33)30(26)46-17-20-10-12-22(13-11-20)38(41)42)16-34-37-27(39)18-45-25-9-7-6-8-23(25)29-28(31(40)44-5-2)19(3)35-32(47)36-29/h6-16,29H,4-5,17-18H2,1-3H3,(H,37,39)(H2,35,36,47)/t29-/m0/s1. The summed E-state index contributed by atoms with van der Waals surface area (Å²) in [5.41, 5.74) is 5.38. The van der Waals surface area contributed by atoms with E-state index in [-0.39, 0.29) is 25.5 Å². The normalized spacial score (nSPS) is 14.2. The van der Waals surface area contributed by atoms with Crippen LogP contribution in [0.1, 0.15) is 43.5 Å². The summed E-state index contributed by atoms with van der Waals surface area (Å²) in [6.45, 7) is 5.73. The number of non-ortho nitro benzene ring substituents is 1. The van der Waals surface area contributed by atoms with Crippen LogP contribution in [0, 0.1) is 13.7 Å². The Bertz CT molecular complexity index is 1710. The Labute approximate surface area is 290 Å². The number of carbonyl (C=O) groups is 2. The minimum atomic E-state index is -0.650. The highest BCUT2D eigenvalue weighted by Crippen LogP contribution is 2.35. The molecule has 1 heterocycles. The molecule has 3 aromatic carbocycles. The number of para-hydroxylation sites is 1. The van der Waals surface area contributed by atoms with Gasteiger partial charge in [-0.15, -0.1) is 0 Å². The van der Waals surface area contributed by atoms with Gasteiger partial charge < -0.3 is 29.6 Å². The molecule has 0 radical (unpaired) electrons. The van der Waals surface area contributed by atoms with Crippen molar-refractivity contribution in [3.63, 3.8) is 0 Å². The number of nitro groups is 1. The van der Waals surface area contributed by atoms with E-state index in [4.69, 9.17) is 31.2 Å². The van der Waals surface area contributed by atoms with Gasteiger partial charge in [-0.25, -0.2) is 10.2 Å². The fourth-order valence-electron chi connectivity index (χ4n) is 4.55. The number of nitro benzene ring substituents is 1. The first-order chi connectivity index (χ1) is 22.6. The fraction of sp³-hybridized carbons (Fsp3) is 0.250. The van der Waals surface area contributed by atoms with E-state index < -0.39 is 22.8 Å². The number of nitrogens with zero attached hydrogens (tertiary/aromatic N) is 2. The molecule has 15 heteroatoms. The summed E-state index contributed by atoms with van der Waals surface area (Å²) in [4.78, 5) is 35.9. The van der Waals surface area contributed by atoms with Crippen molar-refractivity contribution >= 4 is 63.7 Å². The van der Waals surface area contributed by atoms with Gasteiger partial charge >= 0.3 is 5.97 Å². The lowest BCUT2D eigenvalue weighted by Crippen LogP contribution is -2.45. The van der Waals surface area contributed by atoms with Crippen LogP contribution in [0.5, 0.6) is 17.2 Å². The van der Waals surface area contributed by atoms with Crippen molar-refractivity contribution in [1.29, 1.82) is 0 Å². The Kier molecular flexibility index (Phi) is 12.5. The van der Waals surface area contributed by atoms with Crippen molar-refractivity contribution in [1.82, 2.24) is 16.1 Å². The number of amides is 1. The fourth-order valence-corrected chi connectivity index (χ4v) is 5.60. The number of thiocarbonyl (C=S) groups is 1. The molecule has 0 aromatic heterocycles. The maximum atomic E-state index is 12.8. The second-order valence-corrected chi connectivity index (χ2v) is 11.5. The highest BCUT2D eigenvalue weighted by molar-refractivity contribution is 14.1. The summed E-state index contributed by atoms with van der Waals surface area (Å²) >= 11 is 7.43. The summed E-state index contributed by atoms with van der Waals surface area (Å²) in [5.74, 6) is 0.366. The van der Waals surface area contributed by atoms with Crippen LogP contribution in [0.15, 0.2) is 77.0 Å². The summed E-state index contributed by atoms with van der Waals surface area (Å²) < 4.78 is 23.6. The van der Waals surface area contributed by atoms with Crippen LogP contribution in [0.3, 0.4) is 0 Å². The smallest absolute Gasteiger partial charge is 0.338 e. The molecule has 1 amide bonds. The van der Waals surface area contributed by atoms with Crippen molar-refractivity contribution in [2.45, 2.75) is 33.4 Å². The number of benzene rings is 3. The maximum absolute atomic E-state index is 12.8. The Morgan fingerprint density at radius 1 is 1.06 bits per heavy atom. The highest BCUT2D eigenvalue weighted by Gasteiger charge is 2.32. The number of esters is 1. The quantitative estimate of drug-likeness (QED) is 0.0502. The van der Waals surface area contributed by atoms with E-state index >= 15 is 0 Å². The van der Waals surface area contributed by atoms with Crippen LogP contribution in [0.4, 0.5) is 5.69 Å². The number of hydrazone groups is 1. The zero-order valence-electron chi connectivity index (χ0n) is 25.7. The highest BCUT2D eigenvalue weighted by atomic mass is 127. The monoisotopic (exact) mass is 773 g/mol. The van der Waals surface area contributed by atoms with E-state index in [1.807, 2.05) is 13.0 Å². The number of ether oxygens (including phenoxy) is 4. The summed E-state index contributed by atoms with van der Waals surface area (Å²) in [7, 11) is 0. The summed E-state index contributed by atoms with van der Waals surface area (Å²) in [6, 6.07) is 16.0. The van der Waals surface area contributed by atoms with Gasteiger partial charge in [0, 0.05) is 23.4 Å². The lowest BCUT2D eigenvalue weighted by atomic mass is 9.95. The molecule has 4 rings (SSSR count). The molecule has 0 fully saturated rings. The van der Waals surface area contributed by atoms with Crippen LogP contribution in [-0.4, -0.2) is 47.9 Å². The van der Waals surface area contributed by atoms with E-state index in [9.17, 15) is 19.7 Å². The Morgan fingerprint density at radius 2 is 1.81 bits per heavy atom. The molecule has 1 atom stereocenters. The molecule has 13 nitrogen and oxygen atoms in total. The van der Waals surface area contributed by atoms with Crippen LogP contribution in [0.25, 0.3) is 0 Å². The Hall–Kier alpha value is -4.77. The van der Waals surface area contributed by atoms with Crippen molar-refractivity contribution in [2.75, 3.05) is 19.8 Å². The largest absolute Gasteiger partial charge is 0.490 e. The van der Waals surface area contributed by atoms with Gasteiger partial charge in [0.1, 0.15) is 12.4 Å². The van der Waals surface area contributed by atoms with Gasteiger partial charge in [-0.1, -0.05) is 18.2 Å². The van der Waals surface area contributed by atoms with Gasteiger partial charge in [-0.2, -0.15) is 5.10 Å². The van der Waals surface area contributed by atoms with E-state index in [1.165, 1.54) is 18.3 Å². The summed E-state index contributed by atoms with van der Waals surface area (Å²) in [6.07, 6.45) is 1.47. The molecule has 3 N–H and O–H groups in total. The Morgan fingerprint density at radius 3 is 2.51 bits per heavy atom. The molecule has 0 bridgehead atoms. The molecule has 47 heavy (non-hydrogen) atoms. The van der Waals surface area contributed by atoms with Gasteiger partial charge in [0.2, 0.25) is 0 Å². The summed E-state index contributed by atoms with van der Waals surface area (Å²) in [5, 5.41) is 21.4. The average molecular weight is 774 g/mol. The number of carbonyl (C=O) groups excluding carboxylic acids is 2. The number of hydrogen-bond acceptors (Lipinski definition) is 10. The number of allylic oxidation sites excluding steroid dienone is 1. The lowest BCUT2D eigenvalue weighted by molar-refractivity contribution is -0.384. The molecular formula is C32H32IN5O8S. The number of nitrogens with one attached hydrogen (secondary N) is 3. The Balaban J connectivity index is 1.40. The predicted octanol–water partition coefficient (Wildman–Crippen LogP) is 5.06. The lowest BCUT2D eigenvalue weighted by Gasteiger charge is -2.30. The third-order valence-corrected chi connectivity index (χ3v) is 7.64.